The van der Waals surface area contributed by atoms with E-state index < -0.39 is 5.97 Å². The molecule has 2 aliphatic rings. The zero-order valence-corrected chi connectivity index (χ0v) is 10.8. The molecule has 1 atom stereocenters. The third-order valence-electron chi connectivity index (χ3n) is 3.30. The summed E-state index contributed by atoms with van der Waals surface area (Å²) in [4.78, 5) is 25.0. The quantitative estimate of drug-likeness (QED) is 0.811. The van der Waals surface area contributed by atoms with Crippen LogP contribution in [-0.4, -0.2) is 27.3 Å². The molecule has 1 amide bonds. The Kier molecular flexibility index (Phi) is 2.83. The Balaban J connectivity index is 2.14. The minimum atomic E-state index is -1.06. The Morgan fingerprint density at radius 2 is 2.21 bits per heavy atom. The average Bonchev–Trinajstić information content (AvgIpc) is 2.71. The van der Waals surface area contributed by atoms with Crippen molar-refractivity contribution in [1.82, 2.24) is 4.90 Å². The van der Waals surface area contributed by atoms with Gasteiger partial charge in [-0.25, -0.2) is 4.79 Å². The minimum absolute atomic E-state index is 0.0700. The van der Waals surface area contributed by atoms with Gasteiger partial charge in [0.15, 0.2) is 0 Å². The Bertz CT molecular complexity index is 612. The molecule has 1 saturated heterocycles. The lowest BCUT2D eigenvalue weighted by Gasteiger charge is -2.33. The predicted molar refractivity (Wildman–Crippen MR) is 71.7 cm³/mol. The van der Waals surface area contributed by atoms with Crippen molar-refractivity contribution >= 4 is 28.5 Å². The summed E-state index contributed by atoms with van der Waals surface area (Å²) in [6.45, 7) is 0.339. The number of fused-ring (bicyclic) bond motifs is 1. The molecule has 1 fully saturated rings. The van der Waals surface area contributed by atoms with Gasteiger partial charge in [-0.3, -0.25) is 9.69 Å². The van der Waals surface area contributed by atoms with Gasteiger partial charge in [0.25, 0.3) is 0 Å². The van der Waals surface area contributed by atoms with Crippen molar-refractivity contribution in [3.8, 4) is 0 Å². The van der Waals surface area contributed by atoms with Gasteiger partial charge in [-0.2, -0.15) is 0 Å². The smallest absolute Gasteiger partial charge is 0.353 e. The summed E-state index contributed by atoms with van der Waals surface area (Å²) >= 11 is 1.43. The molecule has 19 heavy (non-hydrogen) atoms. The number of nitrogens with zero attached hydrogens (tertiary/aromatic N) is 1. The fraction of sp³-hybridized carbons (Fsp3) is 0.231. The monoisotopic (exact) mass is 276 g/mol. The number of carbonyl (C=O) groups excluding carboxylic acids is 1. The van der Waals surface area contributed by atoms with Crippen molar-refractivity contribution in [3.05, 3.63) is 41.1 Å². The van der Waals surface area contributed by atoms with Gasteiger partial charge < -0.3 is 10.8 Å². The van der Waals surface area contributed by atoms with Gasteiger partial charge in [0.1, 0.15) is 5.70 Å². The van der Waals surface area contributed by atoms with Crippen LogP contribution in [0.5, 0.6) is 0 Å². The molecule has 1 aromatic carbocycles. The molecule has 2 aliphatic heterocycles. The molecular weight excluding hydrogens is 264 g/mol. The van der Waals surface area contributed by atoms with Gasteiger partial charge in [-0.15, -0.1) is 0 Å². The maximum atomic E-state index is 11.5. The summed E-state index contributed by atoms with van der Waals surface area (Å²) in [7, 11) is 0. The van der Waals surface area contributed by atoms with E-state index in [1.54, 1.807) is 0 Å². The highest BCUT2D eigenvalue weighted by Gasteiger charge is 2.48. The Labute approximate surface area is 114 Å². The molecule has 0 radical (unpaired) electrons. The molecular formula is C13H12N2O3S. The van der Waals surface area contributed by atoms with Gasteiger partial charge in [0.05, 0.1) is 11.8 Å². The van der Waals surface area contributed by atoms with Crippen LogP contribution in [0.2, 0.25) is 0 Å². The van der Waals surface area contributed by atoms with E-state index in [0.717, 1.165) is 11.1 Å². The third-order valence-corrected chi connectivity index (χ3v) is 4.60. The molecule has 1 aromatic rings. The molecule has 2 heterocycles. The highest BCUT2D eigenvalue weighted by Crippen LogP contribution is 2.50. The van der Waals surface area contributed by atoms with Crippen LogP contribution in [0, 0.1) is 0 Å². The Morgan fingerprint density at radius 3 is 2.84 bits per heavy atom. The van der Waals surface area contributed by atoms with Crippen LogP contribution in [0.4, 0.5) is 0 Å². The number of aliphatic carboxylic acids is 1. The molecule has 98 valence electrons. The van der Waals surface area contributed by atoms with E-state index in [2.05, 4.69) is 0 Å². The summed E-state index contributed by atoms with van der Waals surface area (Å²) in [5.41, 5.74) is 7.48. The fourth-order valence-electron chi connectivity index (χ4n) is 2.36. The van der Waals surface area contributed by atoms with Crippen molar-refractivity contribution < 1.29 is 14.7 Å². The molecule has 6 heteroatoms. The van der Waals surface area contributed by atoms with E-state index in [1.807, 2.05) is 24.3 Å². The number of nitrogens with two attached hydrogens (primary N) is 1. The topological polar surface area (TPSA) is 83.6 Å². The largest absolute Gasteiger partial charge is 0.477 e. The van der Waals surface area contributed by atoms with Gasteiger partial charge in [0, 0.05) is 11.4 Å². The van der Waals surface area contributed by atoms with E-state index in [-0.39, 0.29) is 17.0 Å². The van der Waals surface area contributed by atoms with E-state index in [4.69, 9.17) is 5.73 Å². The van der Waals surface area contributed by atoms with E-state index >= 15 is 0 Å². The molecule has 0 aliphatic carbocycles. The SMILES string of the molecule is NCc1ccccc1C1=C(C(=O)O)N2C(=O)C[C@H]2S1. The van der Waals surface area contributed by atoms with Crippen LogP contribution < -0.4 is 5.73 Å². The van der Waals surface area contributed by atoms with Crippen LogP contribution in [0.1, 0.15) is 17.5 Å². The van der Waals surface area contributed by atoms with Crippen molar-refractivity contribution in [2.75, 3.05) is 0 Å². The van der Waals surface area contributed by atoms with E-state index in [0.29, 0.717) is 17.9 Å². The number of rotatable bonds is 3. The first-order valence-electron chi connectivity index (χ1n) is 5.88. The molecule has 0 unspecified atom stereocenters. The lowest BCUT2D eigenvalue weighted by molar-refractivity contribution is -0.145. The third kappa shape index (κ3) is 1.75. The summed E-state index contributed by atoms with van der Waals surface area (Å²) in [5.74, 6) is -1.19. The summed E-state index contributed by atoms with van der Waals surface area (Å²) in [6, 6.07) is 7.44. The number of β-lactam (4-membered cyclic amide) rings is 1. The van der Waals surface area contributed by atoms with Gasteiger partial charge in [0.2, 0.25) is 5.91 Å². The highest BCUT2D eigenvalue weighted by atomic mass is 32.2. The summed E-state index contributed by atoms with van der Waals surface area (Å²) in [6.07, 6.45) is 0.399. The van der Waals surface area contributed by atoms with Crippen LogP contribution in [0.25, 0.3) is 4.91 Å². The minimum Gasteiger partial charge on any atom is -0.477 e. The lowest BCUT2D eigenvalue weighted by atomic mass is 10.0. The molecule has 3 N–H and O–H groups in total. The first-order valence-corrected chi connectivity index (χ1v) is 6.76. The molecule has 0 bridgehead atoms. The molecule has 0 aromatic heterocycles. The van der Waals surface area contributed by atoms with Crippen molar-refractivity contribution in [1.29, 1.82) is 0 Å². The number of thioether (sulfide) groups is 1. The Hall–Kier alpha value is -1.79. The second-order valence-corrected chi connectivity index (χ2v) is 5.57. The maximum absolute atomic E-state index is 11.5. The normalized spacial score (nSPS) is 21.4. The number of carbonyl (C=O) groups is 2. The van der Waals surface area contributed by atoms with Crippen LogP contribution >= 0.6 is 11.8 Å². The number of carboxylic acid groups (broad SMARTS) is 1. The van der Waals surface area contributed by atoms with Crippen LogP contribution in [0.15, 0.2) is 30.0 Å². The van der Waals surface area contributed by atoms with Gasteiger partial charge in [-0.05, 0) is 11.1 Å². The first kappa shape index (κ1) is 12.3. The van der Waals surface area contributed by atoms with Crippen molar-refractivity contribution in [2.45, 2.75) is 18.3 Å². The van der Waals surface area contributed by atoms with Crippen LogP contribution in [-0.2, 0) is 16.1 Å². The predicted octanol–water partition coefficient (Wildman–Crippen LogP) is 1.20. The van der Waals surface area contributed by atoms with Crippen molar-refractivity contribution in [2.24, 2.45) is 5.73 Å². The zero-order chi connectivity index (χ0) is 13.6. The second kappa shape index (κ2) is 4.40. The van der Waals surface area contributed by atoms with E-state index in [9.17, 15) is 14.7 Å². The average molecular weight is 276 g/mol. The molecule has 5 nitrogen and oxygen atoms in total. The fourth-order valence-corrected chi connectivity index (χ4v) is 3.81. The second-order valence-electron chi connectivity index (χ2n) is 4.38. The van der Waals surface area contributed by atoms with Gasteiger partial charge in [-0.1, -0.05) is 36.0 Å². The Morgan fingerprint density at radius 1 is 1.47 bits per heavy atom. The highest BCUT2D eigenvalue weighted by molar-refractivity contribution is 8.09. The number of amides is 1. The summed E-state index contributed by atoms with van der Waals surface area (Å²) in [5, 5.41) is 9.28. The molecule has 0 saturated carbocycles. The number of hydrogen-bond acceptors (Lipinski definition) is 4. The van der Waals surface area contributed by atoms with E-state index in [1.165, 1.54) is 16.7 Å². The molecule has 0 spiro atoms. The van der Waals surface area contributed by atoms with Gasteiger partial charge >= 0.3 is 5.97 Å². The standard InChI is InChI=1S/C13H12N2O3S/c14-6-7-3-1-2-4-8(7)12-11(13(17)18)15-9(16)5-10(15)19-12/h1-4,10H,5-6,14H2,(H,17,18)/t10-/m1/s1. The van der Waals surface area contributed by atoms with Crippen LogP contribution in [0.3, 0.4) is 0 Å². The zero-order valence-electron chi connectivity index (χ0n) is 10.00. The maximum Gasteiger partial charge on any atom is 0.353 e. The van der Waals surface area contributed by atoms with Crippen molar-refractivity contribution in [3.63, 3.8) is 0 Å². The lowest BCUT2D eigenvalue weighted by Crippen LogP contribution is -2.48. The summed E-state index contributed by atoms with van der Waals surface area (Å²) < 4.78 is 0. The molecule has 3 rings (SSSR count). The number of hydrogen-bond donors (Lipinski definition) is 2. The number of benzene rings is 1. The number of carboxylic acids is 1. The first-order chi connectivity index (χ1) is 9.13.